The van der Waals surface area contributed by atoms with E-state index in [0.29, 0.717) is 5.92 Å². The molecule has 1 saturated carbocycles. The van der Waals surface area contributed by atoms with Gasteiger partial charge >= 0.3 is 0 Å². The van der Waals surface area contributed by atoms with E-state index in [-0.39, 0.29) is 0 Å². The van der Waals surface area contributed by atoms with Crippen molar-refractivity contribution >= 4 is 0 Å². The second kappa shape index (κ2) is 3.87. The van der Waals surface area contributed by atoms with Crippen molar-refractivity contribution in [2.75, 3.05) is 13.1 Å². The maximum atomic E-state index is 5.11. The van der Waals surface area contributed by atoms with E-state index in [4.69, 9.17) is 4.52 Å². The van der Waals surface area contributed by atoms with Gasteiger partial charge in [0.15, 0.2) is 5.82 Å². The van der Waals surface area contributed by atoms with Gasteiger partial charge in [0.25, 0.3) is 0 Å². The predicted octanol–water partition coefficient (Wildman–Crippen LogP) is 1.10. The van der Waals surface area contributed by atoms with Gasteiger partial charge in [-0.1, -0.05) is 12.1 Å². The molecule has 2 rings (SSSR count). The summed E-state index contributed by atoms with van der Waals surface area (Å²) in [6.07, 6.45) is 3.30. The summed E-state index contributed by atoms with van der Waals surface area (Å²) in [5, 5.41) is 7.17. The molecule has 0 unspecified atom stereocenters. The lowest BCUT2D eigenvalue weighted by molar-refractivity contribution is 0.371. The van der Waals surface area contributed by atoms with Gasteiger partial charge in [-0.05, 0) is 19.4 Å². The van der Waals surface area contributed by atoms with Crippen LogP contribution in [0, 0.1) is 0 Å². The molecule has 0 spiro atoms. The third-order valence-corrected chi connectivity index (χ3v) is 2.19. The highest BCUT2D eigenvalue weighted by atomic mass is 16.5. The summed E-state index contributed by atoms with van der Waals surface area (Å²) >= 11 is 0. The molecular weight excluding hydrogens is 166 g/mol. The maximum Gasteiger partial charge on any atom is 0.227 e. The lowest BCUT2D eigenvalue weighted by atomic mass is 10.4. The molecule has 0 saturated heterocycles. The van der Waals surface area contributed by atoms with Crippen molar-refractivity contribution in [1.29, 1.82) is 0 Å². The second-order valence-electron chi connectivity index (χ2n) is 3.42. The fourth-order valence-corrected chi connectivity index (χ4v) is 1.25. The Bertz CT molecular complexity index is 268. The molecule has 0 amide bonds. The lowest BCUT2D eigenvalue weighted by Crippen LogP contribution is -2.16. The highest BCUT2D eigenvalue weighted by Crippen LogP contribution is 2.37. The van der Waals surface area contributed by atoms with Gasteiger partial charge in [0, 0.05) is 18.9 Å². The van der Waals surface area contributed by atoms with Crippen LogP contribution in [0.5, 0.6) is 0 Å². The van der Waals surface area contributed by atoms with Crippen molar-refractivity contribution in [3.8, 4) is 0 Å². The first-order chi connectivity index (χ1) is 6.40. The molecule has 4 heteroatoms. The second-order valence-corrected chi connectivity index (χ2v) is 3.42. The molecule has 1 fully saturated rings. The molecule has 13 heavy (non-hydrogen) atoms. The van der Waals surface area contributed by atoms with E-state index < -0.39 is 0 Å². The molecule has 0 atom stereocenters. The summed E-state index contributed by atoms with van der Waals surface area (Å²) in [6.45, 7) is 4.00. The van der Waals surface area contributed by atoms with Crippen LogP contribution in [-0.4, -0.2) is 23.2 Å². The van der Waals surface area contributed by atoms with Crippen LogP contribution in [-0.2, 0) is 6.42 Å². The zero-order valence-electron chi connectivity index (χ0n) is 7.92. The minimum absolute atomic E-state index is 0.594. The third kappa shape index (κ3) is 2.28. The number of nitrogens with zero attached hydrogens (tertiary/aromatic N) is 2. The molecule has 1 aliphatic rings. The molecule has 0 radical (unpaired) electrons. The van der Waals surface area contributed by atoms with Crippen LogP contribution in [0.4, 0.5) is 0 Å². The molecular formula is C9H15N3O. The molecule has 1 N–H and O–H groups in total. The van der Waals surface area contributed by atoms with Crippen LogP contribution in [0.2, 0.25) is 0 Å². The standard InChI is InChI=1S/C9H15N3O/c1-2-10-6-5-8-11-9(12-13-8)7-3-4-7/h7,10H,2-6H2,1H3. The predicted molar refractivity (Wildman–Crippen MR) is 48.5 cm³/mol. The highest BCUT2D eigenvalue weighted by Gasteiger charge is 2.28. The lowest BCUT2D eigenvalue weighted by Gasteiger charge is -1.94. The molecule has 1 aliphatic carbocycles. The number of nitrogens with one attached hydrogen (secondary N) is 1. The van der Waals surface area contributed by atoms with Crippen LogP contribution in [0.3, 0.4) is 0 Å². The summed E-state index contributed by atoms with van der Waals surface area (Å²) in [6, 6.07) is 0. The van der Waals surface area contributed by atoms with Gasteiger partial charge in [-0.15, -0.1) is 0 Å². The minimum Gasteiger partial charge on any atom is -0.339 e. The smallest absolute Gasteiger partial charge is 0.227 e. The van der Waals surface area contributed by atoms with Crippen LogP contribution >= 0.6 is 0 Å². The summed E-state index contributed by atoms with van der Waals surface area (Å²) in [5.74, 6) is 2.27. The van der Waals surface area contributed by atoms with Crippen LogP contribution < -0.4 is 5.32 Å². The molecule has 0 aromatic carbocycles. The van der Waals surface area contributed by atoms with Crippen LogP contribution in [0.1, 0.15) is 37.4 Å². The van der Waals surface area contributed by atoms with Gasteiger partial charge in [-0.2, -0.15) is 4.98 Å². The van der Waals surface area contributed by atoms with Crippen molar-refractivity contribution < 1.29 is 4.52 Å². The molecule has 1 heterocycles. The Morgan fingerprint density at radius 1 is 1.54 bits per heavy atom. The van der Waals surface area contributed by atoms with Crippen LogP contribution in [0.25, 0.3) is 0 Å². The van der Waals surface area contributed by atoms with Gasteiger partial charge < -0.3 is 9.84 Å². The SMILES string of the molecule is CCNCCc1nc(C2CC2)no1. The number of likely N-dealkylation sites (N-methyl/N-ethyl adjacent to an activating group) is 1. The van der Waals surface area contributed by atoms with E-state index in [2.05, 4.69) is 22.4 Å². The number of hydrogen-bond donors (Lipinski definition) is 1. The summed E-state index contributed by atoms with van der Waals surface area (Å²) in [7, 11) is 0. The quantitative estimate of drug-likeness (QED) is 0.691. The van der Waals surface area contributed by atoms with Crippen molar-refractivity contribution in [3.05, 3.63) is 11.7 Å². The number of rotatable bonds is 5. The van der Waals surface area contributed by atoms with E-state index in [9.17, 15) is 0 Å². The monoisotopic (exact) mass is 181 g/mol. The highest BCUT2D eigenvalue weighted by molar-refractivity contribution is 5.03. The van der Waals surface area contributed by atoms with Gasteiger partial charge in [0.05, 0.1) is 0 Å². The van der Waals surface area contributed by atoms with E-state index in [1.54, 1.807) is 0 Å². The fourth-order valence-electron chi connectivity index (χ4n) is 1.25. The molecule has 0 aliphatic heterocycles. The maximum absolute atomic E-state index is 5.11. The summed E-state index contributed by atoms with van der Waals surface area (Å²) < 4.78 is 5.11. The largest absolute Gasteiger partial charge is 0.339 e. The van der Waals surface area contributed by atoms with Gasteiger partial charge in [-0.25, -0.2) is 0 Å². The summed E-state index contributed by atoms with van der Waals surface area (Å²) in [5.41, 5.74) is 0. The number of hydrogen-bond acceptors (Lipinski definition) is 4. The Labute approximate surface area is 77.7 Å². The Balaban J connectivity index is 1.82. The first-order valence-corrected chi connectivity index (χ1v) is 4.93. The third-order valence-electron chi connectivity index (χ3n) is 2.19. The zero-order valence-corrected chi connectivity index (χ0v) is 7.92. The van der Waals surface area contributed by atoms with Crippen molar-refractivity contribution in [2.24, 2.45) is 0 Å². The van der Waals surface area contributed by atoms with Gasteiger partial charge in [0.1, 0.15) is 0 Å². The normalized spacial score (nSPS) is 16.4. The Morgan fingerprint density at radius 3 is 3.08 bits per heavy atom. The van der Waals surface area contributed by atoms with E-state index in [1.165, 1.54) is 12.8 Å². The molecule has 4 nitrogen and oxygen atoms in total. The topological polar surface area (TPSA) is 51.0 Å². The van der Waals surface area contributed by atoms with Crippen LogP contribution in [0.15, 0.2) is 4.52 Å². The van der Waals surface area contributed by atoms with E-state index >= 15 is 0 Å². The Kier molecular flexibility index (Phi) is 2.59. The van der Waals surface area contributed by atoms with E-state index in [1.807, 2.05) is 0 Å². The summed E-state index contributed by atoms with van der Waals surface area (Å²) in [4.78, 5) is 4.33. The molecule has 72 valence electrons. The zero-order chi connectivity index (χ0) is 9.10. The average Bonchev–Trinajstić information content (AvgIpc) is 2.88. The van der Waals surface area contributed by atoms with E-state index in [0.717, 1.165) is 31.2 Å². The Morgan fingerprint density at radius 2 is 2.38 bits per heavy atom. The minimum atomic E-state index is 0.594. The van der Waals surface area contributed by atoms with Crippen molar-refractivity contribution in [3.63, 3.8) is 0 Å². The molecule has 1 aromatic rings. The molecule has 1 aromatic heterocycles. The van der Waals surface area contributed by atoms with Gasteiger partial charge in [-0.3, -0.25) is 0 Å². The van der Waals surface area contributed by atoms with Crippen molar-refractivity contribution in [1.82, 2.24) is 15.5 Å². The fraction of sp³-hybridized carbons (Fsp3) is 0.778. The first kappa shape index (κ1) is 8.69. The molecule has 0 bridgehead atoms. The average molecular weight is 181 g/mol. The Hall–Kier alpha value is -0.900. The van der Waals surface area contributed by atoms with Gasteiger partial charge in [0.2, 0.25) is 5.89 Å². The first-order valence-electron chi connectivity index (χ1n) is 4.93. The number of aromatic nitrogens is 2. The van der Waals surface area contributed by atoms with Crippen molar-refractivity contribution in [2.45, 2.75) is 32.1 Å².